The molecule has 0 radical (unpaired) electrons. The monoisotopic (exact) mass is 239 g/mol. The molecule has 7 heteroatoms. The van der Waals surface area contributed by atoms with Crippen LogP contribution >= 0.6 is 0 Å². The second-order valence-corrected chi connectivity index (χ2v) is 3.31. The van der Waals surface area contributed by atoms with Crippen molar-refractivity contribution < 1.29 is 29.3 Å². The van der Waals surface area contributed by atoms with Gasteiger partial charge in [-0.1, -0.05) is 0 Å². The van der Waals surface area contributed by atoms with Gasteiger partial charge in [0.1, 0.15) is 5.56 Å². The lowest BCUT2D eigenvalue weighted by molar-refractivity contribution is -0.0449. The summed E-state index contributed by atoms with van der Waals surface area (Å²) in [4.78, 5) is 25.5. The lowest BCUT2D eigenvalue weighted by atomic mass is 10.1. The first-order valence-corrected chi connectivity index (χ1v) is 4.80. The summed E-state index contributed by atoms with van der Waals surface area (Å²) in [5.41, 5.74) is -0.747. The number of carboxylic acids is 2. The Labute approximate surface area is 95.6 Å². The summed E-state index contributed by atoms with van der Waals surface area (Å²) >= 11 is 0. The highest BCUT2D eigenvalue weighted by atomic mass is 16.7. The molecule has 2 heterocycles. The third-order valence-electron chi connectivity index (χ3n) is 2.28. The van der Waals surface area contributed by atoms with Crippen LogP contribution in [0.15, 0.2) is 12.3 Å². The van der Waals surface area contributed by atoms with Crippen molar-refractivity contribution in [3.63, 3.8) is 0 Å². The lowest BCUT2D eigenvalue weighted by Gasteiger charge is -2.13. The molecule has 1 aromatic heterocycles. The van der Waals surface area contributed by atoms with E-state index in [9.17, 15) is 9.59 Å². The molecule has 0 saturated carbocycles. The van der Waals surface area contributed by atoms with Crippen molar-refractivity contribution in [3.05, 3.63) is 29.1 Å². The van der Waals surface area contributed by atoms with Gasteiger partial charge in [0.05, 0.1) is 13.2 Å². The number of pyridine rings is 1. The molecule has 2 rings (SSSR count). The number of hydrogen-bond acceptors (Lipinski definition) is 5. The van der Waals surface area contributed by atoms with Crippen LogP contribution in [0.5, 0.6) is 0 Å². The van der Waals surface area contributed by atoms with Crippen molar-refractivity contribution in [1.82, 2.24) is 4.98 Å². The number of nitrogens with zero attached hydrogens (tertiary/aromatic N) is 1. The maximum Gasteiger partial charge on any atom is 0.355 e. The van der Waals surface area contributed by atoms with Crippen LogP contribution in [0.1, 0.15) is 32.7 Å². The van der Waals surface area contributed by atoms with Gasteiger partial charge in [0.2, 0.25) is 0 Å². The van der Waals surface area contributed by atoms with Crippen molar-refractivity contribution in [2.45, 2.75) is 6.29 Å². The summed E-state index contributed by atoms with van der Waals surface area (Å²) in [6, 6.07) is 1.38. The molecule has 0 spiro atoms. The maximum absolute atomic E-state index is 11.1. The average molecular weight is 239 g/mol. The summed E-state index contributed by atoms with van der Waals surface area (Å²) in [6.07, 6.45) is 0.373. The average Bonchev–Trinajstić information content (AvgIpc) is 2.81. The fraction of sp³-hybridized carbons (Fsp3) is 0.300. The van der Waals surface area contributed by atoms with E-state index in [1.165, 1.54) is 12.3 Å². The summed E-state index contributed by atoms with van der Waals surface area (Å²) in [5.74, 6) is -2.77. The highest BCUT2D eigenvalue weighted by Gasteiger charge is 2.28. The first-order valence-electron chi connectivity index (χ1n) is 4.80. The highest BCUT2D eigenvalue weighted by molar-refractivity contribution is 6.01. The molecule has 1 fully saturated rings. The Morgan fingerprint density at radius 3 is 2.41 bits per heavy atom. The predicted molar refractivity (Wildman–Crippen MR) is 52.8 cm³/mol. The van der Waals surface area contributed by atoms with Gasteiger partial charge >= 0.3 is 11.9 Å². The standard InChI is InChI=1S/C10H9NO6/c12-8(13)6-5(10-16-3-4-17-10)1-2-11-7(6)9(14)15/h1-2,10H,3-4H2,(H,12,13)(H,14,15). The minimum Gasteiger partial charge on any atom is -0.478 e. The van der Waals surface area contributed by atoms with Gasteiger partial charge < -0.3 is 19.7 Å². The molecule has 0 aliphatic carbocycles. The fourth-order valence-corrected chi connectivity index (χ4v) is 1.60. The van der Waals surface area contributed by atoms with Crippen LogP contribution < -0.4 is 0 Å². The minimum absolute atomic E-state index is 0.169. The van der Waals surface area contributed by atoms with Crippen molar-refractivity contribution in [1.29, 1.82) is 0 Å². The van der Waals surface area contributed by atoms with Crippen molar-refractivity contribution in [2.24, 2.45) is 0 Å². The molecule has 2 N–H and O–H groups in total. The maximum atomic E-state index is 11.1. The number of aromatic carboxylic acids is 2. The Hall–Kier alpha value is -1.99. The zero-order chi connectivity index (χ0) is 12.4. The molecule has 7 nitrogen and oxygen atoms in total. The molecular weight excluding hydrogens is 230 g/mol. The van der Waals surface area contributed by atoms with E-state index >= 15 is 0 Å². The topological polar surface area (TPSA) is 106 Å². The van der Waals surface area contributed by atoms with Gasteiger partial charge in [0, 0.05) is 11.8 Å². The normalized spacial score (nSPS) is 16.0. The SMILES string of the molecule is O=C(O)c1nccc(C2OCCO2)c1C(=O)O. The molecule has 1 aliphatic heterocycles. The number of carboxylic acid groups (broad SMARTS) is 2. The van der Waals surface area contributed by atoms with E-state index in [-0.39, 0.29) is 5.56 Å². The molecule has 0 atom stereocenters. The molecule has 0 aromatic carbocycles. The largest absolute Gasteiger partial charge is 0.478 e. The quantitative estimate of drug-likeness (QED) is 0.791. The Kier molecular flexibility index (Phi) is 3.03. The first kappa shape index (κ1) is 11.5. The molecular formula is C10H9NO6. The summed E-state index contributed by atoms with van der Waals surface area (Å²) in [6.45, 7) is 0.683. The van der Waals surface area contributed by atoms with Crippen molar-refractivity contribution in [3.8, 4) is 0 Å². The molecule has 0 unspecified atom stereocenters. The van der Waals surface area contributed by atoms with Crippen LogP contribution in [0.25, 0.3) is 0 Å². The van der Waals surface area contributed by atoms with Crippen molar-refractivity contribution in [2.75, 3.05) is 13.2 Å². The van der Waals surface area contributed by atoms with Crippen LogP contribution in [0.2, 0.25) is 0 Å². The van der Waals surface area contributed by atoms with Crippen LogP contribution in [0.3, 0.4) is 0 Å². The smallest absolute Gasteiger partial charge is 0.355 e. The summed E-state index contributed by atoms with van der Waals surface area (Å²) in [5, 5.41) is 17.9. The van der Waals surface area contributed by atoms with Crippen LogP contribution in [0, 0.1) is 0 Å². The Balaban J connectivity index is 2.54. The van der Waals surface area contributed by atoms with Crippen LogP contribution in [-0.4, -0.2) is 40.3 Å². The molecule has 1 saturated heterocycles. The fourth-order valence-electron chi connectivity index (χ4n) is 1.60. The highest BCUT2D eigenvalue weighted by Crippen LogP contribution is 2.27. The first-order chi connectivity index (χ1) is 8.11. The zero-order valence-electron chi connectivity index (χ0n) is 8.62. The van der Waals surface area contributed by atoms with E-state index < -0.39 is 29.5 Å². The van der Waals surface area contributed by atoms with Gasteiger partial charge in [-0.15, -0.1) is 0 Å². The molecule has 1 aromatic rings. The van der Waals surface area contributed by atoms with E-state index in [0.717, 1.165) is 0 Å². The number of carbonyl (C=O) groups is 2. The van der Waals surface area contributed by atoms with E-state index in [1.807, 2.05) is 0 Å². The minimum atomic E-state index is -1.40. The van der Waals surface area contributed by atoms with E-state index in [2.05, 4.69) is 4.98 Å². The summed E-state index contributed by atoms with van der Waals surface area (Å²) < 4.78 is 10.3. The van der Waals surface area contributed by atoms with E-state index in [4.69, 9.17) is 19.7 Å². The van der Waals surface area contributed by atoms with Gasteiger partial charge in [-0.05, 0) is 6.07 Å². The number of rotatable bonds is 3. The molecule has 0 amide bonds. The molecule has 17 heavy (non-hydrogen) atoms. The van der Waals surface area contributed by atoms with Gasteiger partial charge in [-0.3, -0.25) is 0 Å². The third kappa shape index (κ3) is 2.10. The summed E-state index contributed by atoms with van der Waals surface area (Å²) in [7, 11) is 0. The van der Waals surface area contributed by atoms with E-state index in [1.54, 1.807) is 0 Å². The molecule has 1 aliphatic rings. The number of ether oxygens (including phenoxy) is 2. The van der Waals surface area contributed by atoms with E-state index in [0.29, 0.717) is 13.2 Å². The van der Waals surface area contributed by atoms with Crippen molar-refractivity contribution >= 4 is 11.9 Å². The second-order valence-electron chi connectivity index (χ2n) is 3.31. The van der Waals surface area contributed by atoms with Gasteiger partial charge in [0.15, 0.2) is 12.0 Å². The molecule has 0 bridgehead atoms. The Morgan fingerprint density at radius 2 is 1.88 bits per heavy atom. The third-order valence-corrected chi connectivity index (χ3v) is 2.28. The van der Waals surface area contributed by atoms with Crippen LogP contribution in [0.4, 0.5) is 0 Å². The molecule has 90 valence electrons. The van der Waals surface area contributed by atoms with Crippen LogP contribution in [-0.2, 0) is 9.47 Å². The Morgan fingerprint density at radius 1 is 1.24 bits per heavy atom. The van der Waals surface area contributed by atoms with Gasteiger partial charge in [0.25, 0.3) is 0 Å². The van der Waals surface area contributed by atoms with Gasteiger partial charge in [-0.25, -0.2) is 14.6 Å². The zero-order valence-corrected chi connectivity index (χ0v) is 8.62. The predicted octanol–water partition coefficient (Wildman–Crippen LogP) is 0.523. The second kappa shape index (κ2) is 4.48. The van der Waals surface area contributed by atoms with Gasteiger partial charge in [-0.2, -0.15) is 0 Å². The number of aromatic nitrogens is 1. The number of hydrogen-bond donors (Lipinski definition) is 2. The Bertz CT molecular complexity index is 466. The lowest BCUT2D eigenvalue weighted by Crippen LogP contribution is -2.16.